The fraction of sp³-hybridized carbons (Fsp3) is 0.824. The summed E-state index contributed by atoms with van der Waals surface area (Å²) in [4.78, 5) is 0. The number of hydrogen-bond acceptors (Lipinski definition) is 1. The van der Waals surface area contributed by atoms with Crippen molar-refractivity contribution in [3.05, 3.63) is 17.9 Å². The lowest BCUT2D eigenvalue weighted by Gasteiger charge is -2.02. The lowest BCUT2D eigenvalue weighted by atomic mass is 10.1. The summed E-state index contributed by atoms with van der Waals surface area (Å²) in [6.45, 7) is 4.00. The van der Waals surface area contributed by atoms with Gasteiger partial charge in [-0.3, -0.25) is 0 Å². The average Bonchev–Trinajstić information content (AvgIpc) is 2.43. The van der Waals surface area contributed by atoms with Crippen LogP contribution in [-0.2, 0) is 4.74 Å². The van der Waals surface area contributed by atoms with Crippen LogP contribution in [0.2, 0.25) is 0 Å². The van der Waals surface area contributed by atoms with Gasteiger partial charge < -0.3 is 4.74 Å². The Labute approximate surface area is 125 Å². The Kier molecular flexibility index (Phi) is 17.6. The van der Waals surface area contributed by atoms with E-state index >= 15 is 0 Å². The van der Waals surface area contributed by atoms with Crippen molar-refractivity contribution in [3.63, 3.8) is 0 Å². The molecule has 0 heterocycles. The molecule has 0 aromatic carbocycles. The van der Waals surface area contributed by atoms with Gasteiger partial charge in [0.2, 0.25) is 0 Å². The van der Waals surface area contributed by atoms with Crippen molar-refractivity contribution in [2.45, 2.75) is 71.1 Å². The van der Waals surface area contributed by atoms with E-state index in [0.717, 1.165) is 38.4 Å². The molecule has 0 bridgehead atoms. The molecule has 0 aliphatic carbocycles. The normalized spacial score (nSPS) is 10.2. The maximum absolute atomic E-state index is 5.58. The highest BCUT2D eigenvalue weighted by Gasteiger charge is 1.91. The summed E-state index contributed by atoms with van der Waals surface area (Å²) in [5.41, 5.74) is 3.16. The van der Waals surface area contributed by atoms with Gasteiger partial charge in [-0.15, -0.1) is 17.3 Å². The van der Waals surface area contributed by atoms with Gasteiger partial charge in [-0.25, -0.2) is 0 Å². The van der Waals surface area contributed by atoms with Crippen LogP contribution in [0.1, 0.15) is 71.1 Å². The predicted molar refractivity (Wildman–Crippen MR) is 86.0 cm³/mol. The molecular formula is C17H31ClO. The van der Waals surface area contributed by atoms with Crippen LogP contribution in [0, 0.1) is 0 Å². The highest BCUT2D eigenvalue weighted by Crippen LogP contribution is 2.06. The van der Waals surface area contributed by atoms with Crippen molar-refractivity contribution in [1.29, 1.82) is 0 Å². The summed E-state index contributed by atoms with van der Waals surface area (Å²) < 4.78 is 5.58. The number of ether oxygens (including phenoxy) is 1. The van der Waals surface area contributed by atoms with Crippen molar-refractivity contribution in [2.75, 3.05) is 19.1 Å². The van der Waals surface area contributed by atoms with Gasteiger partial charge in [-0.1, -0.05) is 45.4 Å². The average molecular weight is 287 g/mol. The predicted octanol–water partition coefficient (Wildman–Crippen LogP) is 5.87. The van der Waals surface area contributed by atoms with Crippen molar-refractivity contribution in [2.24, 2.45) is 0 Å². The maximum atomic E-state index is 5.58. The molecular weight excluding hydrogens is 256 g/mol. The van der Waals surface area contributed by atoms with Gasteiger partial charge in [0.15, 0.2) is 0 Å². The summed E-state index contributed by atoms with van der Waals surface area (Å²) in [6.07, 6.45) is 16.5. The fourth-order valence-electron chi connectivity index (χ4n) is 1.83. The zero-order chi connectivity index (χ0) is 14.0. The maximum Gasteiger partial charge on any atom is 0.0506 e. The van der Waals surface area contributed by atoms with E-state index in [9.17, 15) is 0 Å². The Balaban J connectivity index is 3.08. The van der Waals surface area contributed by atoms with Crippen LogP contribution in [0.5, 0.6) is 0 Å². The second kappa shape index (κ2) is 17.8. The van der Waals surface area contributed by atoms with Gasteiger partial charge in [0.05, 0.1) is 6.61 Å². The fourth-order valence-corrected chi connectivity index (χ4v) is 1.99. The van der Waals surface area contributed by atoms with Crippen molar-refractivity contribution < 1.29 is 4.74 Å². The van der Waals surface area contributed by atoms with Gasteiger partial charge in [-0.2, -0.15) is 0 Å². The van der Waals surface area contributed by atoms with Crippen LogP contribution in [0.4, 0.5) is 0 Å². The minimum Gasteiger partial charge on any atom is -0.381 e. The number of rotatable bonds is 14. The second-order valence-electron chi connectivity index (χ2n) is 4.93. The van der Waals surface area contributed by atoms with Crippen molar-refractivity contribution in [1.82, 2.24) is 0 Å². The SMILES string of the molecule is CCCCCCCCCOCCC=C=CCCCCl. The van der Waals surface area contributed by atoms with Crippen molar-refractivity contribution >= 4 is 11.6 Å². The Hall–Kier alpha value is -0.230. The van der Waals surface area contributed by atoms with E-state index in [4.69, 9.17) is 16.3 Å². The molecule has 0 atom stereocenters. The summed E-state index contributed by atoms with van der Waals surface area (Å²) >= 11 is 5.58. The highest BCUT2D eigenvalue weighted by atomic mass is 35.5. The molecule has 112 valence electrons. The first kappa shape index (κ1) is 18.8. The molecule has 0 N–H and O–H groups in total. The number of hydrogen-bond donors (Lipinski definition) is 0. The summed E-state index contributed by atoms with van der Waals surface area (Å²) in [5, 5.41) is 0. The molecule has 0 unspecified atom stereocenters. The molecule has 0 fully saturated rings. The highest BCUT2D eigenvalue weighted by molar-refractivity contribution is 6.17. The van der Waals surface area contributed by atoms with E-state index in [-0.39, 0.29) is 0 Å². The lowest BCUT2D eigenvalue weighted by Crippen LogP contribution is -1.95. The van der Waals surface area contributed by atoms with Gasteiger partial charge in [0, 0.05) is 12.5 Å². The molecule has 0 aromatic rings. The van der Waals surface area contributed by atoms with Crippen LogP contribution in [0.15, 0.2) is 17.9 Å². The number of unbranched alkanes of at least 4 members (excludes halogenated alkanes) is 7. The minimum atomic E-state index is 0.736. The minimum absolute atomic E-state index is 0.736. The third-order valence-corrected chi connectivity index (χ3v) is 3.28. The monoisotopic (exact) mass is 286 g/mol. The summed E-state index contributed by atoms with van der Waals surface area (Å²) in [6, 6.07) is 0. The summed E-state index contributed by atoms with van der Waals surface area (Å²) in [7, 11) is 0. The number of halogens is 1. The molecule has 0 saturated heterocycles. The molecule has 2 heteroatoms. The Morgan fingerprint density at radius 2 is 1.53 bits per heavy atom. The van der Waals surface area contributed by atoms with E-state index in [1.165, 1.54) is 44.9 Å². The molecule has 0 rings (SSSR count). The molecule has 0 saturated carbocycles. The smallest absolute Gasteiger partial charge is 0.0506 e. The van der Waals surface area contributed by atoms with E-state index in [1.807, 2.05) is 0 Å². The van der Waals surface area contributed by atoms with Gasteiger partial charge >= 0.3 is 0 Å². The third-order valence-electron chi connectivity index (χ3n) is 3.02. The Bertz CT molecular complexity index is 219. The Morgan fingerprint density at radius 3 is 2.26 bits per heavy atom. The van der Waals surface area contributed by atoms with E-state index in [1.54, 1.807) is 0 Å². The van der Waals surface area contributed by atoms with Crippen LogP contribution in [0.25, 0.3) is 0 Å². The lowest BCUT2D eigenvalue weighted by molar-refractivity contribution is 0.134. The molecule has 0 amide bonds. The van der Waals surface area contributed by atoms with Crippen LogP contribution >= 0.6 is 11.6 Å². The molecule has 1 nitrogen and oxygen atoms in total. The largest absolute Gasteiger partial charge is 0.381 e. The number of alkyl halides is 1. The van der Waals surface area contributed by atoms with Gasteiger partial charge in [0.25, 0.3) is 0 Å². The molecule has 0 spiro atoms. The van der Waals surface area contributed by atoms with Crippen LogP contribution in [0.3, 0.4) is 0 Å². The molecule has 0 aliphatic rings. The quantitative estimate of drug-likeness (QED) is 0.220. The first-order chi connectivity index (χ1) is 9.41. The first-order valence-electron chi connectivity index (χ1n) is 7.95. The van der Waals surface area contributed by atoms with Gasteiger partial charge in [-0.05, 0) is 37.8 Å². The Morgan fingerprint density at radius 1 is 0.842 bits per heavy atom. The molecule has 0 radical (unpaired) electrons. The summed E-state index contributed by atoms with van der Waals surface area (Å²) in [5.74, 6) is 0.736. The first-order valence-corrected chi connectivity index (χ1v) is 8.48. The molecule has 0 aromatic heterocycles. The zero-order valence-corrected chi connectivity index (χ0v) is 13.4. The molecule has 0 aliphatic heterocycles. The third kappa shape index (κ3) is 17.8. The standard InChI is InChI=1S/C17H31ClO/c1-2-3-4-5-7-10-13-16-19-17-14-11-8-6-9-12-15-18/h6,11H,2-5,7,9-10,12-17H2,1H3. The second-order valence-corrected chi connectivity index (χ2v) is 5.31. The topological polar surface area (TPSA) is 9.23 Å². The van der Waals surface area contributed by atoms with Crippen LogP contribution < -0.4 is 0 Å². The van der Waals surface area contributed by atoms with E-state index in [2.05, 4.69) is 24.8 Å². The van der Waals surface area contributed by atoms with Gasteiger partial charge in [0.1, 0.15) is 0 Å². The van der Waals surface area contributed by atoms with Crippen molar-refractivity contribution in [3.8, 4) is 0 Å². The van der Waals surface area contributed by atoms with Crippen LogP contribution in [-0.4, -0.2) is 19.1 Å². The van der Waals surface area contributed by atoms with E-state index in [0.29, 0.717) is 0 Å². The van der Waals surface area contributed by atoms with E-state index < -0.39 is 0 Å². The zero-order valence-electron chi connectivity index (χ0n) is 12.6. The molecule has 19 heavy (non-hydrogen) atoms.